The summed E-state index contributed by atoms with van der Waals surface area (Å²) in [6, 6.07) is 13.0. The molecular weight excluding hydrogens is 450 g/mol. The number of hydrogen-bond acceptors (Lipinski definition) is 7. The van der Waals surface area contributed by atoms with Crippen LogP contribution >= 0.6 is 0 Å². The van der Waals surface area contributed by atoms with Gasteiger partial charge in [-0.05, 0) is 42.3 Å². The van der Waals surface area contributed by atoms with Crippen LogP contribution in [0.3, 0.4) is 0 Å². The lowest BCUT2D eigenvalue weighted by Crippen LogP contribution is -2.32. The van der Waals surface area contributed by atoms with Crippen LogP contribution in [0.1, 0.15) is 52.5 Å². The molecule has 0 spiro atoms. The van der Waals surface area contributed by atoms with Crippen LogP contribution in [0.15, 0.2) is 48.0 Å². The summed E-state index contributed by atoms with van der Waals surface area (Å²) < 4.78 is 10.7. The third-order valence-corrected chi connectivity index (χ3v) is 5.32. The number of carbonyl (C=O) groups excluding carboxylic acids is 4. The average Bonchev–Trinajstić information content (AvgIpc) is 3.11. The molecule has 9 nitrogen and oxygen atoms in total. The second kappa shape index (κ2) is 11.6. The van der Waals surface area contributed by atoms with Gasteiger partial charge < -0.3 is 14.8 Å². The topological polar surface area (TPSA) is 126 Å². The molecule has 0 aromatic heterocycles. The Hall–Kier alpha value is -4.45. The van der Waals surface area contributed by atoms with E-state index < -0.39 is 23.7 Å². The van der Waals surface area contributed by atoms with Crippen LogP contribution < -0.4 is 14.8 Å². The molecule has 2 aromatic rings. The first-order chi connectivity index (χ1) is 16.9. The number of imide groups is 1. The molecule has 0 saturated heterocycles. The number of rotatable bonds is 10. The molecule has 1 heterocycles. The fraction of sp³-hybridized carbons (Fsp3) is 0.269. The van der Waals surface area contributed by atoms with Crippen molar-refractivity contribution in [3.05, 3.63) is 64.7 Å². The first-order valence-corrected chi connectivity index (χ1v) is 11.1. The van der Waals surface area contributed by atoms with Gasteiger partial charge in [0, 0.05) is 13.1 Å². The zero-order valence-electron chi connectivity index (χ0n) is 19.5. The number of nitrogens with one attached hydrogen (secondary N) is 1. The number of nitriles is 1. The summed E-state index contributed by atoms with van der Waals surface area (Å²) in [6.07, 6.45) is 2.94. The highest BCUT2D eigenvalue weighted by Gasteiger charge is 2.35. The van der Waals surface area contributed by atoms with Crippen molar-refractivity contribution in [3.63, 3.8) is 0 Å². The Balaban J connectivity index is 1.64. The lowest BCUT2D eigenvalue weighted by molar-refractivity contribution is -0.134. The minimum Gasteiger partial charge on any atom is -0.493 e. The van der Waals surface area contributed by atoms with E-state index in [4.69, 9.17) is 9.47 Å². The number of fused-ring (bicyclic) bond motifs is 1. The predicted molar refractivity (Wildman–Crippen MR) is 127 cm³/mol. The van der Waals surface area contributed by atoms with E-state index in [1.807, 2.05) is 13.0 Å². The van der Waals surface area contributed by atoms with Gasteiger partial charge in [-0.1, -0.05) is 31.5 Å². The van der Waals surface area contributed by atoms with Gasteiger partial charge in [0.2, 0.25) is 0 Å². The van der Waals surface area contributed by atoms with E-state index in [1.165, 1.54) is 25.3 Å². The van der Waals surface area contributed by atoms with Crippen molar-refractivity contribution >= 4 is 29.8 Å². The van der Waals surface area contributed by atoms with Crippen molar-refractivity contribution in [2.45, 2.75) is 26.2 Å². The van der Waals surface area contributed by atoms with Crippen molar-refractivity contribution in [2.75, 3.05) is 20.2 Å². The average molecular weight is 476 g/mol. The van der Waals surface area contributed by atoms with Crippen LogP contribution in [0.4, 0.5) is 0 Å². The molecule has 0 fully saturated rings. The molecule has 0 atom stereocenters. The maximum atomic E-state index is 12.4. The zero-order chi connectivity index (χ0) is 25.4. The molecule has 1 aliphatic heterocycles. The normalized spacial score (nSPS) is 12.7. The monoisotopic (exact) mass is 475 g/mol. The van der Waals surface area contributed by atoms with Crippen LogP contribution in [0, 0.1) is 11.3 Å². The van der Waals surface area contributed by atoms with Crippen molar-refractivity contribution in [1.82, 2.24) is 10.2 Å². The second-order valence-corrected chi connectivity index (χ2v) is 7.72. The fourth-order valence-corrected chi connectivity index (χ4v) is 3.47. The number of carbonyl (C=O) groups is 4. The number of unbranched alkanes of at least 4 members (excludes halogenated alkanes) is 1. The minimum atomic E-state index is -0.656. The first-order valence-electron chi connectivity index (χ1n) is 11.1. The molecule has 9 heteroatoms. The summed E-state index contributed by atoms with van der Waals surface area (Å²) >= 11 is 0. The number of esters is 1. The van der Waals surface area contributed by atoms with Crippen molar-refractivity contribution < 1.29 is 28.7 Å². The van der Waals surface area contributed by atoms with E-state index in [0.717, 1.165) is 17.7 Å². The summed E-state index contributed by atoms with van der Waals surface area (Å²) in [7, 11) is 1.39. The van der Waals surface area contributed by atoms with E-state index in [9.17, 15) is 24.4 Å². The first kappa shape index (κ1) is 25.2. The SMILES string of the molecule is CCCCNC(=O)/C(C#N)=C/c1ccc(OC(=O)CCN2C(=O)c3ccccc3C2=O)c(OC)c1. The Morgan fingerprint density at radius 1 is 1.09 bits per heavy atom. The van der Waals surface area contributed by atoms with Crippen molar-refractivity contribution in [2.24, 2.45) is 0 Å². The van der Waals surface area contributed by atoms with Crippen LogP contribution in [0.5, 0.6) is 11.5 Å². The highest BCUT2D eigenvalue weighted by atomic mass is 16.6. The van der Waals surface area contributed by atoms with Gasteiger partial charge in [-0.2, -0.15) is 5.26 Å². The highest BCUT2D eigenvalue weighted by molar-refractivity contribution is 6.21. The van der Waals surface area contributed by atoms with Crippen molar-refractivity contribution in [1.29, 1.82) is 5.26 Å². The smallest absolute Gasteiger partial charge is 0.313 e. The van der Waals surface area contributed by atoms with E-state index in [0.29, 0.717) is 23.2 Å². The zero-order valence-corrected chi connectivity index (χ0v) is 19.5. The van der Waals surface area contributed by atoms with Crippen LogP contribution in [0.25, 0.3) is 6.08 Å². The summed E-state index contributed by atoms with van der Waals surface area (Å²) in [4.78, 5) is 50.5. The number of nitrogens with zero attached hydrogens (tertiary/aromatic N) is 2. The predicted octanol–water partition coefficient (Wildman–Crippen LogP) is 3.11. The molecule has 3 rings (SSSR count). The Morgan fingerprint density at radius 3 is 2.37 bits per heavy atom. The summed E-state index contributed by atoms with van der Waals surface area (Å²) in [5.41, 5.74) is 1.07. The molecule has 0 aliphatic carbocycles. The Labute approximate surface area is 202 Å². The maximum Gasteiger partial charge on any atom is 0.313 e. The molecule has 1 aliphatic rings. The summed E-state index contributed by atoms with van der Waals surface area (Å²) in [5.74, 6) is -1.67. The van der Waals surface area contributed by atoms with Gasteiger partial charge in [0.05, 0.1) is 24.7 Å². The van der Waals surface area contributed by atoms with E-state index >= 15 is 0 Å². The number of hydrogen-bond donors (Lipinski definition) is 1. The quantitative estimate of drug-likeness (QED) is 0.140. The molecular formula is C26H25N3O6. The molecule has 3 amide bonds. The van der Waals surface area contributed by atoms with Gasteiger partial charge in [0.1, 0.15) is 11.6 Å². The number of benzene rings is 2. The van der Waals surface area contributed by atoms with Gasteiger partial charge in [-0.15, -0.1) is 0 Å². The molecule has 0 unspecified atom stereocenters. The Morgan fingerprint density at radius 2 is 1.77 bits per heavy atom. The number of ether oxygens (including phenoxy) is 2. The number of methoxy groups -OCH3 is 1. The molecule has 0 bridgehead atoms. The Bertz CT molecular complexity index is 1190. The Kier molecular flexibility index (Phi) is 8.35. The standard InChI is InChI=1S/C26H25N3O6/c1-3-4-12-28-24(31)18(16-27)14-17-9-10-21(22(15-17)34-2)35-23(30)11-13-29-25(32)19-7-5-6-8-20(19)26(29)33/h5-10,14-15H,3-4,11-13H2,1-2H3,(H,28,31)/b18-14+. The molecule has 1 N–H and O–H groups in total. The molecule has 35 heavy (non-hydrogen) atoms. The van der Waals surface area contributed by atoms with Gasteiger partial charge in [0.25, 0.3) is 17.7 Å². The van der Waals surface area contributed by atoms with Crippen LogP contribution in [-0.2, 0) is 9.59 Å². The van der Waals surface area contributed by atoms with E-state index in [2.05, 4.69) is 5.32 Å². The molecule has 0 saturated carbocycles. The highest BCUT2D eigenvalue weighted by Crippen LogP contribution is 2.29. The third kappa shape index (κ3) is 5.92. The lowest BCUT2D eigenvalue weighted by Gasteiger charge is -2.14. The molecule has 180 valence electrons. The van der Waals surface area contributed by atoms with Gasteiger partial charge in [0.15, 0.2) is 11.5 Å². The third-order valence-electron chi connectivity index (χ3n) is 5.32. The fourth-order valence-electron chi connectivity index (χ4n) is 3.47. The molecule has 0 radical (unpaired) electrons. The molecule has 2 aromatic carbocycles. The van der Waals surface area contributed by atoms with Gasteiger partial charge in [-0.25, -0.2) is 0 Å². The second-order valence-electron chi connectivity index (χ2n) is 7.72. The summed E-state index contributed by atoms with van der Waals surface area (Å²) in [5, 5.41) is 12.0. The number of amides is 3. The van der Waals surface area contributed by atoms with Crippen LogP contribution in [0.2, 0.25) is 0 Å². The lowest BCUT2D eigenvalue weighted by atomic mass is 10.1. The van der Waals surface area contributed by atoms with Crippen LogP contribution in [-0.4, -0.2) is 48.8 Å². The maximum absolute atomic E-state index is 12.4. The summed E-state index contributed by atoms with van der Waals surface area (Å²) in [6.45, 7) is 2.36. The van der Waals surface area contributed by atoms with Crippen molar-refractivity contribution in [3.8, 4) is 17.6 Å². The minimum absolute atomic E-state index is 0.0613. The van der Waals surface area contributed by atoms with E-state index in [1.54, 1.807) is 30.3 Å². The van der Waals surface area contributed by atoms with E-state index in [-0.39, 0.29) is 30.0 Å². The van der Waals surface area contributed by atoms with Gasteiger partial charge >= 0.3 is 5.97 Å². The largest absolute Gasteiger partial charge is 0.493 e. The van der Waals surface area contributed by atoms with Gasteiger partial charge in [-0.3, -0.25) is 24.1 Å².